The Kier molecular flexibility index (Phi) is 3.27. The topological polar surface area (TPSA) is 32.3 Å². The van der Waals surface area contributed by atoms with Crippen LogP contribution in [0.4, 0.5) is 0 Å². The molecule has 0 atom stereocenters. The summed E-state index contributed by atoms with van der Waals surface area (Å²) in [6, 6.07) is 3.95. The first-order valence-electron chi connectivity index (χ1n) is 5.80. The van der Waals surface area contributed by atoms with Gasteiger partial charge in [-0.05, 0) is 68.5 Å². The van der Waals surface area contributed by atoms with Crippen molar-refractivity contribution in [2.75, 3.05) is 13.6 Å². The third-order valence-corrected chi connectivity index (χ3v) is 3.25. The number of hydrogen-bond acceptors (Lipinski definition) is 2. The van der Waals surface area contributed by atoms with E-state index in [1.807, 2.05) is 13.1 Å². The first-order valence-corrected chi connectivity index (χ1v) is 5.80. The van der Waals surface area contributed by atoms with E-state index in [1.54, 1.807) is 0 Å². The number of fused-ring (bicyclic) bond motifs is 1. The maximum atomic E-state index is 9.87. The molecular formula is C13H19NO. The molecule has 2 heteroatoms. The standard InChI is InChI=1S/C13H19NO/c1-14-9-8-12-11-5-3-2-4-10(11)6-7-13(12)15/h6-7,14-15H,2-5,8-9H2,1H3. The molecule has 1 aromatic carbocycles. The summed E-state index contributed by atoms with van der Waals surface area (Å²) in [6.07, 6.45) is 5.82. The lowest BCUT2D eigenvalue weighted by molar-refractivity contribution is 0.464. The SMILES string of the molecule is CNCCc1c(O)ccc2c1CCCC2. The third kappa shape index (κ3) is 2.15. The van der Waals surface area contributed by atoms with E-state index in [4.69, 9.17) is 0 Å². The molecule has 0 aliphatic heterocycles. The molecule has 2 rings (SSSR count). The summed E-state index contributed by atoms with van der Waals surface area (Å²) in [5.74, 6) is 0.478. The van der Waals surface area contributed by atoms with Gasteiger partial charge in [0.1, 0.15) is 5.75 Å². The van der Waals surface area contributed by atoms with Crippen LogP contribution in [-0.4, -0.2) is 18.7 Å². The lowest BCUT2D eigenvalue weighted by Gasteiger charge is -2.20. The van der Waals surface area contributed by atoms with Gasteiger partial charge in [-0.2, -0.15) is 0 Å². The quantitative estimate of drug-likeness (QED) is 0.791. The van der Waals surface area contributed by atoms with Crippen molar-refractivity contribution in [3.05, 3.63) is 28.8 Å². The molecule has 15 heavy (non-hydrogen) atoms. The molecule has 0 aromatic heterocycles. The van der Waals surface area contributed by atoms with Gasteiger partial charge < -0.3 is 10.4 Å². The summed E-state index contributed by atoms with van der Waals surface area (Å²) in [5, 5.41) is 13.0. The number of nitrogens with one attached hydrogen (secondary N) is 1. The first kappa shape index (κ1) is 10.5. The molecule has 0 bridgehead atoms. The molecule has 0 unspecified atom stereocenters. The zero-order valence-corrected chi connectivity index (χ0v) is 9.34. The van der Waals surface area contributed by atoms with Crippen LogP contribution in [0.15, 0.2) is 12.1 Å². The number of rotatable bonds is 3. The van der Waals surface area contributed by atoms with Crippen molar-refractivity contribution >= 4 is 0 Å². The van der Waals surface area contributed by atoms with Crippen LogP contribution < -0.4 is 5.32 Å². The summed E-state index contributed by atoms with van der Waals surface area (Å²) >= 11 is 0. The van der Waals surface area contributed by atoms with Crippen LogP contribution in [0.5, 0.6) is 5.75 Å². The molecule has 1 aliphatic rings. The number of aryl methyl sites for hydroxylation is 1. The Hall–Kier alpha value is -1.02. The molecule has 0 spiro atoms. The highest BCUT2D eigenvalue weighted by Crippen LogP contribution is 2.30. The van der Waals surface area contributed by atoms with Crippen LogP contribution in [0.1, 0.15) is 29.5 Å². The van der Waals surface area contributed by atoms with Gasteiger partial charge in [0.05, 0.1) is 0 Å². The van der Waals surface area contributed by atoms with Crippen LogP contribution in [0, 0.1) is 0 Å². The minimum Gasteiger partial charge on any atom is -0.508 e. The van der Waals surface area contributed by atoms with E-state index in [0.717, 1.165) is 19.4 Å². The van der Waals surface area contributed by atoms with Crippen molar-refractivity contribution in [3.63, 3.8) is 0 Å². The highest BCUT2D eigenvalue weighted by Gasteiger charge is 2.15. The van der Waals surface area contributed by atoms with Gasteiger partial charge in [-0.15, -0.1) is 0 Å². The highest BCUT2D eigenvalue weighted by atomic mass is 16.3. The van der Waals surface area contributed by atoms with Gasteiger partial charge in [-0.3, -0.25) is 0 Å². The summed E-state index contributed by atoms with van der Waals surface area (Å²) in [4.78, 5) is 0. The van der Waals surface area contributed by atoms with E-state index in [1.165, 1.54) is 36.0 Å². The molecule has 0 fully saturated rings. The Labute approximate surface area is 91.3 Å². The van der Waals surface area contributed by atoms with E-state index in [2.05, 4.69) is 11.4 Å². The summed E-state index contributed by atoms with van der Waals surface area (Å²) < 4.78 is 0. The Balaban J connectivity index is 2.32. The predicted molar refractivity (Wildman–Crippen MR) is 62.4 cm³/mol. The van der Waals surface area contributed by atoms with E-state index in [-0.39, 0.29) is 0 Å². The molecule has 82 valence electrons. The number of hydrogen-bond donors (Lipinski definition) is 2. The van der Waals surface area contributed by atoms with Crippen molar-refractivity contribution < 1.29 is 5.11 Å². The molecular weight excluding hydrogens is 186 g/mol. The van der Waals surface area contributed by atoms with E-state index in [9.17, 15) is 5.11 Å². The van der Waals surface area contributed by atoms with Crippen LogP contribution in [0.3, 0.4) is 0 Å². The Morgan fingerprint density at radius 3 is 2.87 bits per heavy atom. The van der Waals surface area contributed by atoms with Gasteiger partial charge >= 0.3 is 0 Å². The zero-order valence-electron chi connectivity index (χ0n) is 9.34. The van der Waals surface area contributed by atoms with Crippen LogP contribution in [0.25, 0.3) is 0 Å². The second kappa shape index (κ2) is 4.67. The fraction of sp³-hybridized carbons (Fsp3) is 0.538. The maximum Gasteiger partial charge on any atom is 0.119 e. The molecule has 2 nitrogen and oxygen atoms in total. The normalized spacial score (nSPS) is 15.0. The smallest absolute Gasteiger partial charge is 0.119 e. The second-order valence-corrected chi connectivity index (χ2v) is 4.26. The minimum absolute atomic E-state index is 0.478. The first-order chi connectivity index (χ1) is 7.33. The van der Waals surface area contributed by atoms with Gasteiger partial charge in [0.2, 0.25) is 0 Å². The number of likely N-dealkylation sites (N-methyl/N-ethyl adjacent to an activating group) is 1. The van der Waals surface area contributed by atoms with Gasteiger partial charge in [0, 0.05) is 0 Å². The van der Waals surface area contributed by atoms with Crippen molar-refractivity contribution in [1.82, 2.24) is 5.32 Å². The van der Waals surface area contributed by atoms with Crippen LogP contribution in [0.2, 0.25) is 0 Å². The summed E-state index contributed by atoms with van der Waals surface area (Å²) in [6.45, 7) is 0.935. The third-order valence-electron chi connectivity index (χ3n) is 3.25. The van der Waals surface area contributed by atoms with Crippen LogP contribution >= 0.6 is 0 Å². The summed E-state index contributed by atoms with van der Waals surface area (Å²) in [7, 11) is 1.95. The van der Waals surface area contributed by atoms with Gasteiger partial charge in [0.25, 0.3) is 0 Å². The number of phenolic OH excluding ortho intramolecular Hbond substituents is 1. The van der Waals surface area contributed by atoms with Crippen LogP contribution in [-0.2, 0) is 19.3 Å². The zero-order chi connectivity index (χ0) is 10.7. The number of benzene rings is 1. The molecule has 0 saturated carbocycles. The maximum absolute atomic E-state index is 9.87. The average molecular weight is 205 g/mol. The lowest BCUT2D eigenvalue weighted by atomic mass is 9.87. The predicted octanol–water partition coefficient (Wildman–Crippen LogP) is 2.03. The van der Waals surface area contributed by atoms with E-state index < -0.39 is 0 Å². The molecule has 2 N–H and O–H groups in total. The lowest BCUT2D eigenvalue weighted by Crippen LogP contribution is -2.14. The van der Waals surface area contributed by atoms with Crippen molar-refractivity contribution in [3.8, 4) is 5.75 Å². The van der Waals surface area contributed by atoms with E-state index in [0.29, 0.717) is 5.75 Å². The fourth-order valence-electron chi connectivity index (χ4n) is 2.42. The number of aromatic hydroxyl groups is 1. The van der Waals surface area contributed by atoms with Gasteiger partial charge in [-0.25, -0.2) is 0 Å². The molecule has 1 aliphatic carbocycles. The Morgan fingerprint density at radius 1 is 1.27 bits per heavy atom. The minimum atomic E-state index is 0.478. The largest absolute Gasteiger partial charge is 0.508 e. The number of phenols is 1. The fourth-order valence-corrected chi connectivity index (χ4v) is 2.42. The average Bonchev–Trinajstić information content (AvgIpc) is 2.28. The Bertz CT molecular complexity index is 347. The van der Waals surface area contributed by atoms with Crippen molar-refractivity contribution in [2.24, 2.45) is 0 Å². The van der Waals surface area contributed by atoms with E-state index >= 15 is 0 Å². The highest BCUT2D eigenvalue weighted by molar-refractivity contribution is 5.45. The molecule has 0 radical (unpaired) electrons. The van der Waals surface area contributed by atoms with Gasteiger partial charge in [-0.1, -0.05) is 6.07 Å². The van der Waals surface area contributed by atoms with Crippen molar-refractivity contribution in [1.29, 1.82) is 0 Å². The Morgan fingerprint density at radius 2 is 2.07 bits per heavy atom. The monoisotopic (exact) mass is 205 g/mol. The molecule has 0 saturated heterocycles. The summed E-state index contributed by atoms with van der Waals surface area (Å²) in [5.41, 5.74) is 4.03. The molecule has 0 amide bonds. The van der Waals surface area contributed by atoms with Crippen molar-refractivity contribution in [2.45, 2.75) is 32.1 Å². The molecule has 0 heterocycles. The molecule has 1 aromatic rings. The second-order valence-electron chi connectivity index (χ2n) is 4.26. The van der Waals surface area contributed by atoms with Gasteiger partial charge in [0.15, 0.2) is 0 Å².